The Hall–Kier alpha value is -8.09. The summed E-state index contributed by atoms with van der Waals surface area (Å²) in [6.45, 7) is 9.03. The molecule has 0 fully saturated rings. The van der Waals surface area contributed by atoms with E-state index in [9.17, 15) is 68.7 Å². The van der Waals surface area contributed by atoms with Crippen LogP contribution in [-0.4, -0.2) is 151 Å². The summed E-state index contributed by atoms with van der Waals surface area (Å²) in [5.74, 6) is -10.3. The summed E-state index contributed by atoms with van der Waals surface area (Å²) in [6.07, 6.45) is -0.157. The molecule has 0 aliphatic rings. The van der Waals surface area contributed by atoms with Crippen LogP contribution >= 0.6 is 0 Å². The number of rotatable bonds is 28. The molecule has 0 saturated carbocycles. The van der Waals surface area contributed by atoms with Gasteiger partial charge in [-0.1, -0.05) is 84.0 Å². The van der Waals surface area contributed by atoms with Crippen molar-refractivity contribution in [2.24, 2.45) is 23.5 Å². The Kier molecular flexibility index (Phi) is 22.9. The smallest absolute Gasteiger partial charge is 0.326 e. The number of aliphatic hydroxyl groups excluding tert-OH is 2. The Balaban J connectivity index is 1.51. The molecule has 4 aromatic rings. The summed E-state index contributed by atoms with van der Waals surface area (Å²) in [5.41, 5.74) is 8.60. The molecule has 0 aliphatic heterocycles. The van der Waals surface area contributed by atoms with Crippen LogP contribution in [0.15, 0.2) is 79.0 Å². The molecule has 418 valence electrons. The number of phenols is 2. The number of carboxylic acids is 1. The number of carbonyl (C=O) groups excluding carboxylic acids is 8. The molecule has 1 heterocycles. The van der Waals surface area contributed by atoms with Crippen molar-refractivity contribution in [3.05, 3.63) is 95.7 Å². The van der Waals surface area contributed by atoms with E-state index in [1.165, 1.54) is 43.3 Å². The zero-order valence-electron chi connectivity index (χ0n) is 44.0. The number of benzene rings is 3. The Bertz CT molecular complexity index is 2690. The summed E-state index contributed by atoms with van der Waals surface area (Å²) in [6, 6.07) is 7.60. The Morgan fingerprint density at radius 3 is 1.52 bits per heavy atom. The van der Waals surface area contributed by atoms with Gasteiger partial charge in [0.1, 0.15) is 53.8 Å². The maximum atomic E-state index is 14.3. The number of carboxylic acid groups (broad SMARTS) is 1. The Morgan fingerprint density at radius 1 is 0.519 bits per heavy atom. The van der Waals surface area contributed by atoms with Gasteiger partial charge in [-0.2, -0.15) is 0 Å². The van der Waals surface area contributed by atoms with E-state index < -0.39 is 139 Å². The number of H-pyrrole nitrogens is 1. The van der Waals surface area contributed by atoms with E-state index in [2.05, 4.69) is 47.5 Å². The van der Waals surface area contributed by atoms with Crippen LogP contribution in [0.3, 0.4) is 0 Å². The highest BCUT2D eigenvalue weighted by Crippen LogP contribution is 2.20. The van der Waals surface area contributed by atoms with Crippen molar-refractivity contribution in [3.63, 3.8) is 0 Å². The molecule has 77 heavy (non-hydrogen) atoms. The van der Waals surface area contributed by atoms with Crippen LogP contribution in [0.1, 0.15) is 65.2 Å². The zero-order chi connectivity index (χ0) is 57.3. The van der Waals surface area contributed by atoms with E-state index in [-0.39, 0.29) is 30.8 Å². The predicted molar refractivity (Wildman–Crippen MR) is 281 cm³/mol. The van der Waals surface area contributed by atoms with E-state index in [0.29, 0.717) is 22.1 Å². The lowest BCUT2D eigenvalue weighted by molar-refractivity contribution is -0.144. The average molecular weight is 1070 g/mol. The topological polar surface area (TPSA) is 393 Å². The molecule has 0 spiro atoms. The number of fused-ring (bicyclic) bond motifs is 1. The fraction of sp³-hybridized carbons (Fsp3) is 0.453. The molecule has 16 N–H and O–H groups in total. The second-order valence-electron chi connectivity index (χ2n) is 19.8. The van der Waals surface area contributed by atoms with Crippen LogP contribution in [0, 0.1) is 17.8 Å². The minimum atomic E-state index is -1.74. The number of aliphatic hydroxyl groups is 2. The molecular formula is C53H72N10O14. The molecule has 0 aliphatic carbocycles. The van der Waals surface area contributed by atoms with Gasteiger partial charge in [0.15, 0.2) is 0 Å². The largest absolute Gasteiger partial charge is 0.508 e. The van der Waals surface area contributed by atoms with Crippen LogP contribution in [0.4, 0.5) is 0 Å². The van der Waals surface area contributed by atoms with Crippen molar-refractivity contribution < 1.29 is 68.7 Å². The highest BCUT2D eigenvalue weighted by atomic mass is 16.4. The molecule has 4 rings (SSSR count). The number of aromatic amines is 1. The van der Waals surface area contributed by atoms with Crippen molar-refractivity contribution >= 4 is 64.1 Å². The number of nitrogens with one attached hydrogen (secondary N) is 9. The number of phenolic OH excluding ortho intramolecular Hbond substituents is 2. The molecule has 1 aromatic heterocycles. The number of hydrogen-bond acceptors (Lipinski definition) is 14. The van der Waals surface area contributed by atoms with Gasteiger partial charge in [0.25, 0.3) is 0 Å². The number of para-hydroxylation sites is 1. The van der Waals surface area contributed by atoms with Gasteiger partial charge in [0.2, 0.25) is 47.3 Å². The maximum Gasteiger partial charge on any atom is 0.326 e. The zero-order valence-corrected chi connectivity index (χ0v) is 44.0. The van der Waals surface area contributed by atoms with Crippen LogP contribution < -0.4 is 48.3 Å². The minimum absolute atomic E-state index is 0.0278. The second-order valence-corrected chi connectivity index (χ2v) is 19.8. The van der Waals surface area contributed by atoms with Gasteiger partial charge >= 0.3 is 5.97 Å². The lowest BCUT2D eigenvalue weighted by atomic mass is 9.99. The molecule has 9 atom stereocenters. The summed E-state index contributed by atoms with van der Waals surface area (Å²) in [7, 11) is 0. The SMILES string of the molecule is CC(C)[C@H](NC(=O)[C@@H](NC(=O)[C@@H](NC(=O)CNC(=O)[C@H](Cc1ccc(O)cc1)NC(=O)[C@H](CO)NC(=O)[C@H](Cc1c[nH]c2ccccc12)NC(=O)[C@@H](NC(=O)[C@@H](N)Cc1ccc(O)cc1)C(C)C)C(C)C)[C@@H](C)O)C(=O)O. The summed E-state index contributed by atoms with van der Waals surface area (Å²) >= 11 is 0. The maximum absolute atomic E-state index is 14.3. The van der Waals surface area contributed by atoms with Gasteiger partial charge in [-0.3, -0.25) is 38.4 Å². The van der Waals surface area contributed by atoms with Crippen LogP contribution in [-0.2, 0) is 62.4 Å². The first kappa shape index (κ1) is 61.5. The fourth-order valence-electron chi connectivity index (χ4n) is 8.04. The summed E-state index contributed by atoms with van der Waals surface area (Å²) < 4.78 is 0. The standard InChI is InChI=1S/C53H72N10O14/c1-26(2)42(51(74)63-45(29(7)65)52(75)62-44(28(5)6)53(76)77)60-41(68)24-56-47(70)38(21-31-14-18-34(67)19-15-31)57-49(72)40(25-64)59-48(71)39(22-32-23-55-37-11-9-8-10-35(32)37)58-50(73)43(27(3)4)61-46(69)36(54)20-30-12-16-33(66)17-13-30/h8-19,23,26-29,36,38-40,42-45,55,64-67H,20-22,24-25,54H2,1-7H3,(H,56,70)(H,57,72)(H,58,73)(H,59,71)(H,60,68)(H,61,69)(H,62,75)(H,63,74)(H,76,77)/t29-,36+,38+,39+,40+,42+,43+,44+,45+/m1/s1. The number of aromatic nitrogens is 1. The number of aromatic hydroxyl groups is 2. The van der Waals surface area contributed by atoms with Gasteiger partial charge in [0.05, 0.1) is 25.3 Å². The van der Waals surface area contributed by atoms with Crippen LogP contribution in [0.25, 0.3) is 10.9 Å². The first-order valence-electron chi connectivity index (χ1n) is 25.1. The van der Waals surface area contributed by atoms with Crippen molar-refractivity contribution in [2.75, 3.05) is 13.2 Å². The van der Waals surface area contributed by atoms with Gasteiger partial charge in [-0.15, -0.1) is 0 Å². The predicted octanol–water partition coefficient (Wildman–Crippen LogP) is -1.13. The van der Waals surface area contributed by atoms with Crippen LogP contribution in [0.2, 0.25) is 0 Å². The van der Waals surface area contributed by atoms with Crippen molar-refractivity contribution in [3.8, 4) is 11.5 Å². The third-order valence-electron chi connectivity index (χ3n) is 12.5. The number of aliphatic carboxylic acids is 1. The second kappa shape index (κ2) is 28.7. The summed E-state index contributed by atoms with van der Waals surface area (Å²) in [5, 5.41) is 70.6. The lowest BCUT2D eigenvalue weighted by Gasteiger charge is -2.28. The van der Waals surface area contributed by atoms with E-state index in [1.54, 1.807) is 84.1 Å². The fourth-order valence-corrected chi connectivity index (χ4v) is 8.04. The van der Waals surface area contributed by atoms with Gasteiger partial charge in [0, 0.05) is 29.9 Å². The first-order valence-corrected chi connectivity index (χ1v) is 25.1. The molecule has 0 radical (unpaired) electrons. The normalized spacial score (nSPS) is 14.9. The third-order valence-corrected chi connectivity index (χ3v) is 12.5. The average Bonchev–Trinajstić information content (AvgIpc) is 3.78. The van der Waals surface area contributed by atoms with Crippen molar-refractivity contribution in [2.45, 2.75) is 122 Å². The van der Waals surface area contributed by atoms with E-state index in [1.807, 2.05) is 0 Å². The van der Waals surface area contributed by atoms with Crippen molar-refractivity contribution in [1.82, 2.24) is 47.5 Å². The molecule has 8 amide bonds. The first-order chi connectivity index (χ1) is 36.3. The highest BCUT2D eigenvalue weighted by molar-refractivity contribution is 5.98. The number of nitrogens with two attached hydrogens (primary N) is 1. The molecule has 0 bridgehead atoms. The Labute approximate surface area is 445 Å². The van der Waals surface area contributed by atoms with E-state index >= 15 is 0 Å². The molecule has 0 unspecified atom stereocenters. The monoisotopic (exact) mass is 1070 g/mol. The van der Waals surface area contributed by atoms with Gasteiger partial charge in [-0.05, 0) is 78.1 Å². The van der Waals surface area contributed by atoms with E-state index in [0.717, 1.165) is 5.52 Å². The van der Waals surface area contributed by atoms with Gasteiger partial charge < -0.3 is 78.8 Å². The van der Waals surface area contributed by atoms with E-state index in [4.69, 9.17) is 5.73 Å². The summed E-state index contributed by atoms with van der Waals surface area (Å²) in [4.78, 5) is 124. The number of amides is 8. The van der Waals surface area contributed by atoms with Crippen molar-refractivity contribution in [1.29, 1.82) is 0 Å². The molecule has 24 heteroatoms. The third kappa shape index (κ3) is 18.3. The van der Waals surface area contributed by atoms with Gasteiger partial charge in [-0.25, -0.2) is 4.79 Å². The molecule has 0 saturated heterocycles. The Morgan fingerprint density at radius 2 is 0.974 bits per heavy atom. The van der Waals surface area contributed by atoms with Crippen LogP contribution in [0.5, 0.6) is 11.5 Å². The highest BCUT2D eigenvalue weighted by Gasteiger charge is 2.36. The molecular weight excluding hydrogens is 1000 g/mol. The molecule has 3 aromatic carbocycles. The number of hydrogen-bond donors (Lipinski definition) is 15. The quantitative estimate of drug-likeness (QED) is 0.0320. The number of carbonyl (C=O) groups is 9. The molecule has 24 nitrogen and oxygen atoms in total. The minimum Gasteiger partial charge on any atom is -0.508 e. The lowest BCUT2D eigenvalue weighted by Crippen LogP contribution is -2.61.